The maximum atomic E-state index is 14.6. The van der Waals surface area contributed by atoms with Crippen molar-refractivity contribution in [2.45, 2.75) is 62.9 Å². The van der Waals surface area contributed by atoms with Gasteiger partial charge in [-0.2, -0.15) is 22.0 Å². The highest BCUT2D eigenvalue weighted by atomic mass is 19.4. The van der Waals surface area contributed by atoms with Crippen molar-refractivity contribution in [3.63, 3.8) is 0 Å². The normalized spacial score (nSPS) is 38.6. The molecule has 4 unspecified atom stereocenters. The zero-order chi connectivity index (χ0) is 17.1. The predicted molar refractivity (Wildman–Crippen MR) is 58.0 cm³/mol. The van der Waals surface area contributed by atoms with Crippen LogP contribution in [0.3, 0.4) is 0 Å². The van der Waals surface area contributed by atoms with Gasteiger partial charge in [-0.05, 0) is 12.8 Å². The van der Waals surface area contributed by atoms with Gasteiger partial charge in [0.2, 0.25) is 11.3 Å². The highest BCUT2D eigenvalue weighted by Crippen LogP contribution is 2.66. The van der Waals surface area contributed by atoms with Crippen LogP contribution < -0.4 is 0 Å². The van der Waals surface area contributed by atoms with Crippen molar-refractivity contribution in [2.24, 2.45) is 11.8 Å². The Morgan fingerprint density at radius 3 is 1.86 bits per heavy atom. The van der Waals surface area contributed by atoms with E-state index in [9.17, 15) is 40.2 Å². The van der Waals surface area contributed by atoms with Crippen LogP contribution in [0, 0.1) is 11.8 Å². The first kappa shape index (κ1) is 18.4. The molecule has 21 heavy (non-hydrogen) atoms. The molecule has 0 aromatic rings. The van der Waals surface area contributed by atoms with E-state index in [1.54, 1.807) is 0 Å². The summed E-state index contributed by atoms with van der Waals surface area (Å²) < 4.78 is 109. The van der Waals surface area contributed by atoms with Crippen molar-refractivity contribution in [3.8, 4) is 0 Å². The molecule has 0 radical (unpaired) electrons. The summed E-state index contributed by atoms with van der Waals surface area (Å²) in [5, 5.41) is 9.23. The molecule has 4 atom stereocenters. The second kappa shape index (κ2) is 4.70. The molecular weight excluding hydrogens is 312 g/mol. The van der Waals surface area contributed by atoms with Crippen LogP contribution >= 0.6 is 0 Å². The van der Waals surface area contributed by atoms with Gasteiger partial charge < -0.3 is 5.11 Å². The van der Waals surface area contributed by atoms with E-state index in [0.717, 1.165) is 6.92 Å². The monoisotopic (exact) mass is 328 g/mol. The molecule has 0 aromatic carbocycles. The molecule has 0 aromatic heterocycles. The number of aliphatic hydroxyl groups is 1. The summed E-state index contributed by atoms with van der Waals surface area (Å²) in [6.45, 7) is 2.47. The fraction of sp³-hybridized carbons (Fsp3) is 1.00. The van der Waals surface area contributed by atoms with Crippen LogP contribution in [0.5, 0.6) is 0 Å². The minimum absolute atomic E-state index is 0.411. The van der Waals surface area contributed by atoms with Crippen molar-refractivity contribution in [1.82, 2.24) is 0 Å². The molecule has 0 heterocycles. The molecule has 0 aliphatic heterocycles. The first-order valence-electron chi connectivity index (χ1n) is 6.34. The fourth-order valence-corrected chi connectivity index (χ4v) is 2.77. The molecule has 1 N–H and O–H groups in total. The summed E-state index contributed by atoms with van der Waals surface area (Å²) in [7, 11) is 0. The van der Waals surface area contributed by atoms with Gasteiger partial charge in [-0.1, -0.05) is 20.8 Å². The molecule has 1 aliphatic rings. The van der Waals surface area contributed by atoms with Crippen LogP contribution in [0.2, 0.25) is 0 Å². The second-order valence-electron chi connectivity index (χ2n) is 5.68. The Balaban J connectivity index is 3.51. The summed E-state index contributed by atoms with van der Waals surface area (Å²) in [6.07, 6.45) is -8.16. The summed E-state index contributed by atoms with van der Waals surface area (Å²) in [4.78, 5) is 0. The molecule has 9 heteroatoms. The van der Waals surface area contributed by atoms with E-state index < -0.39 is 54.0 Å². The Hall–Kier alpha value is -0.600. The van der Waals surface area contributed by atoms with Crippen molar-refractivity contribution >= 4 is 0 Å². The quantitative estimate of drug-likeness (QED) is 0.764. The maximum absolute atomic E-state index is 14.6. The van der Waals surface area contributed by atoms with Crippen molar-refractivity contribution < 1.29 is 40.2 Å². The number of rotatable bonds is 3. The lowest BCUT2D eigenvalue weighted by Crippen LogP contribution is -2.67. The van der Waals surface area contributed by atoms with E-state index in [4.69, 9.17) is 0 Å². The van der Waals surface area contributed by atoms with E-state index in [-0.39, 0.29) is 0 Å². The molecule has 1 rings (SSSR count). The number of halogens is 8. The van der Waals surface area contributed by atoms with Gasteiger partial charge in [0.25, 0.3) is 5.92 Å². The van der Waals surface area contributed by atoms with Gasteiger partial charge in [0, 0.05) is 11.8 Å². The van der Waals surface area contributed by atoms with Crippen molar-refractivity contribution in [3.05, 3.63) is 0 Å². The molecule has 0 amide bonds. The molecule has 1 nitrogen and oxygen atoms in total. The highest BCUT2D eigenvalue weighted by Gasteiger charge is 2.89. The lowest BCUT2D eigenvalue weighted by atomic mass is 9.78. The average molecular weight is 328 g/mol. The van der Waals surface area contributed by atoms with Gasteiger partial charge in [-0.25, -0.2) is 13.2 Å². The summed E-state index contributed by atoms with van der Waals surface area (Å²) in [5.74, 6) is -14.7. The zero-order valence-corrected chi connectivity index (χ0v) is 11.5. The average Bonchev–Trinajstić information content (AvgIpc) is 2.47. The number of alkyl halides is 8. The molecule has 126 valence electrons. The smallest absolute Gasteiger partial charge is 0.376 e. The Morgan fingerprint density at radius 2 is 1.57 bits per heavy atom. The van der Waals surface area contributed by atoms with Crippen LogP contribution in [0.15, 0.2) is 0 Å². The van der Waals surface area contributed by atoms with E-state index in [1.165, 1.54) is 6.92 Å². The van der Waals surface area contributed by atoms with E-state index in [0.29, 0.717) is 6.92 Å². The number of hydrogen-bond donors (Lipinski definition) is 1. The summed E-state index contributed by atoms with van der Waals surface area (Å²) >= 11 is 0. The van der Waals surface area contributed by atoms with E-state index in [2.05, 4.69) is 0 Å². The Kier molecular flexibility index (Phi) is 4.13. The van der Waals surface area contributed by atoms with E-state index >= 15 is 0 Å². The van der Waals surface area contributed by atoms with Gasteiger partial charge in [0.15, 0.2) is 0 Å². The Bertz CT molecular complexity index is 407. The van der Waals surface area contributed by atoms with Crippen molar-refractivity contribution in [2.75, 3.05) is 0 Å². The fourth-order valence-electron chi connectivity index (χ4n) is 2.77. The van der Waals surface area contributed by atoms with Gasteiger partial charge in [-0.3, -0.25) is 0 Å². The first-order chi connectivity index (χ1) is 9.11. The minimum atomic E-state index is -5.93. The molecule has 0 spiro atoms. The van der Waals surface area contributed by atoms with Crippen LogP contribution in [0.1, 0.15) is 33.6 Å². The standard InChI is InChI=1S/C12H16F8O/c1-4-6(2)10(14,15)9(13)7(3)5-8(21,11(9,16)17)12(18,19)20/h6-7,21H,4-5H2,1-3H3. The van der Waals surface area contributed by atoms with Crippen LogP contribution in [-0.4, -0.2) is 34.4 Å². The molecular formula is C12H16F8O. The molecule has 1 saturated carbocycles. The molecule has 1 aliphatic carbocycles. The minimum Gasteiger partial charge on any atom is -0.376 e. The topological polar surface area (TPSA) is 20.2 Å². The van der Waals surface area contributed by atoms with Crippen LogP contribution in [0.4, 0.5) is 35.1 Å². The van der Waals surface area contributed by atoms with Crippen LogP contribution in [-0.2, 0) is 0 Å². The molecule has 1 fully saturated rings. The number of hydrogen-bond acceptors (Lipinski definition) is 1. The third-order valence-electron chi connectivity index (χ3n) is 4.44. The third-order valence-corrected chi connectivity index (χ3v) is 4.44. The molecule has 0 bridgehead atoms. The van der Waals surface area contributed by atoms with Crippen LogP contribution in [0.25, 0.3) is 0 Å². The highest BCUT2D eigenvalue weighted by molar-refractivity contribution is 5.23. The van der Waals surface area contributed by atoms with Gasteiger partial charge >= 0.3 is 12.1 Å². The van der Waals surface area contributed by atoms with Crippen molar-refractivity contribution in [1.29, 1.82) is 0 Å². The summed E-state index contributed by atoms with van der Waals surface area (Å²) in [5.41, 5.74) is -9.59. The first-order valence-corrected chi connectivity index (χ1v) is 6.34. The van der Waals surface area contributed by atoms with Gasteiger partial charge in [-0.15, -0.1) is 0 Å². The second-order valence-corrected chi connectivity index (χ2v) is 5.68. The van der Waals surface area contributed by atoms with E-state index in [1.807, 2.05) is 0 Å². The maximum Gasteiger partial charge on any atom is 0.423 e. The Labute approximate surface area is 116 Å². The predicted octanol–water partition coefficient (Wildman–Crippen LogP) is 4.34. The van der Waals surface area contributed by atoms with Gasteiger partial charge in [0.05, 0.1) is 0 Å². The summed E-state index contributed by atoms with van der Waals surface area (Å²) in [6, 6.07) is 0. The Morgan fingerprint density at radius 1 is 1.14 bits per heavy atom. The third kappa shape index (κ3) is 1.98. The lowest BCUT2D eigenvalue weighted by molar-refractivity contribution is -0.359. The lowest BCUT2D eigenvalue weighted by Gasteiger charge is -2.42. The zero-order valence-electron chi connectivity index (χ0n) is 11.5. The largest absolute Gasteiger partial charge is 0.423 e. The SMILES string of the molecule is CCC(C)C(F)(F)C1(F)C(C)CC(O)(C(F)(F)F)C1(F)F. The molecule has 0 saturated heterocycles. The van der Waals surface area contributed by atoms with Gasteiger partial charge in [0.1, 0.15) is 0 Å².